The topological polar surface area (TPSA) is 106 Å². The van der Waals surface area contributed by atoms with E-state index in [2.05, 4.69) is 10.6 Å². The van der Waals surface area contributed by atoms with E-state index in [1.807, 2.05) is 0 Å². The fourth-order valence-corrected chi connectivity index (χ4v) is 4.04. The minimum atomic E-state index is -0.742. The Balaban J connectivity index is 1.57. The molecule has 0 atom stereocenters. The van der Waals surface area contributed by atoms with Crippen molar-refractivity contribution in [2.75, 3.05) is 36.9 Å². The van der Waals surface area contributed by atoms with Gasteiger partial charge in [0.15, 0.2) is 0 Å². The fraction of sp³-hybridized carbons (Fsp3) is 0.115. The quantitative estimate of drug-likeness (QED) is 0.384. The van der Waals surface area contributed by atoms with Crippen LogP contribution in [0.4, 0.5) is 17.1 Å². The van der Waals surface area contributed by atoms with Crippen molar-refractivity contribution in [3.05, 3.63) is 82.0 Å². The molecule has 0 saturated carbocycles. The summed E-state index contributed by atoms with van der Waals surface area (Å²) in [5.74, 6) is -0.622. The van der Waals surface area contributed by atoms with Gasteiger partial charge in [0.05, 0.1) is 32.7 Å². The Kier molecular flexibility index (Phi) is 7.56. The van der Waals surface area contributed by atoms with E-state index >= 15 is 0 Å². The maximum atomic E-state index is 13.2. The summed E-state index contributed by atoms with van der Waals surface area (Å²) in [5, 5.41) is 5.63. The molecule has 3 amide bonds. The molecule has 4 rings (SSSR count). The van der Waals surface area contributed by atoms with Gasteiger partial charge in [0.1, 0.15) is 28.0 Å². The number of rotatable bonds is 8. The lowest BCUT2D eigenvalue weighted by Gasteiger charge is -2.18. The van der Waals surface area contributed by atoms with Crippen LogP contribution in [-0.2, 0) is 9.59 Å². The number of imide groups is 1. The number of amides is 3. The number of halogens is 2. The summed E-state index contributed by atoms with van der Waals surface area (Å²) in [7, 11) is 4.41. The summed E-state index contributed by atoms with van der Waals surface area (Å²) >= 11 is 12.3. The summed E-state index contributed by atoms with van der Waals surface area (Å²) in [6, 6.07) is 15.9. The highest BCUT2D eigenvalue weighted by Crippen LogP contribution is 2.37. The van der Waals surface area contributed by atoms with E-state index in [4.69, 9.17) is 37.4 Å². The van der Waals surface area contributed by atoms with Gasteiger partial charge in [-0.1, -0.05) is 29.3 Å². The van der Waals surface area contributed by atoms with Crippen LogP contribution < -0.4 is 29.7 Å². The third kappa shape index (κ3) is 5.18. The average Bonchev–Trinajstić information content (AvgIpc) is 3.11. The van der Waals surface area contributed by atoms with Gasteiger partial charge in [-0.3, -0.25) is 14.4 Å². The highest BCUT2D eigenvalue weighted by Gasteiger charge is 2.40. The molecule has 3 aromatic rings. The minimum Gasteiger partial charge on any atom is -0.497 e. The van der Waals surface area contributed by atoms with Crippen molar-refractivity contribution in [3.63, 3.8) is 0 Å². The molecule has 0 fully saturated rings. The van der Waals surface area contributed by atoms with E-state index in [9.17, 15) is 14.4 Å². The molecule has 2 N–H and O–H groups in total. The summed E-state index contributed by atoms with van der Waals surface area (Å²) in [5.41, 5.74) is 1.05. The molecule has 9 nitrogen and oxygen atoms in total. The second-order valence-electron chi connectivity index (χ2n) is 7.68. The zero-order chi connectivity index (χ0) is 26.7. The predicted octanol–water partition coefficient (Wildman–Crippen LogP) is 5.05. The van der Waals surface area contributed by atoms with Crippen molar-refractivity contribution < 1.29 is 28.6 Å². The van der Waals surface area contributed by atoms with Crippen molar-refractivity contribution in [3.8, 4) is 17.2 Å². The number of hydrogen-bond acceptors (Lipinski definition) is 7. The van der Waals surface area contributed by atoms with Gasteiger partial charge >= 0.3 is 0 Å². The molecule has 1 aliphatic heterocycles. The standard InChI is InChI=1S/C26H21Cl2N3O6/c1-35-17-8-10-20(36-2)18(13-17)30-24(32)14-5-4-6-16(11-14)29-23-22(28)25(33)31(26(23)34)19-12-15(27)7-9-21(19)37-3/h4-13,29H,1-3H3,(H,30,32). The number of nitrogens with one attached hydrogen (secondary N) is 2. The van der Waals surface area contributed by atoms with Gasteiger partial charge in [-0.05, 0) is 48.5 Å². The van der Waals surface area contributed by atoms with Crippen LogP contribution in [0.3, 0.4) is 0 Å². The molecule has 0 bridgehead atoms. The molecule has 3 aromatic carbocycles. The number of carbonyl (C=O) groups excluding carboxylic acids is 3. The fourth-order valence-electron chi connectivity index (χ4n) is 3.66. The molecule has 0 radical (unpaired) electrons. The lowest BCUT2D eigenvalue weighted by atomic mass is 10.1. The second kappa shape index (κ2) is 10.8. The Morgan fingerprint density at radius 1 is 0.838 bits per heavy atom. The maximum absolute atomic E-state index is 13.2. The molecule has 11 heteroatoms. The summed E-state index contributed by atoms with van der Waals surface area (Å²) in [6.45, 7) is 0. The molecular formula is C26H21Cl2N3O6. The smallest absolute Gasteiger partial charge is 0.283 e. The van der Waals surface area contributed by atoms with Crippen LogP contribution in [0.15, 0.2) is 71.4 Å². The van der Waals surface area contributed by atoms with Gasteiger partial charge in [0.25, 0.3) is 17.7 Å². The summed E-state index contributed by atoms with van der Waals surface area (Å²) < 4.78 is 15.8. The monoisotopic (exact) mass is 541 g/mol. The number of nitrogens with zero attached hydrogens (tertiary/aromatic N) is 1. The van der Waals surface area contributed by atoms with Crippen LogP contribution in [-0.4, -0.2) is 39.1 Å². The molecule has 0 unspecified atom stereocenters. The maximum Gasteiger partial charge on any atom is 0.283 e. The molecule has 37 heavy (non-hydrogen) atoms. The highest BCUT2D eigenvalue weighted by molar-refractivity contribution is 6.53. The van der Waals surface area contributed by atoms with E-state index in [0.29, 0.717) is 27.9 Å². The molecule has 0 aliphatic carbocycles. The highest BCUT2D eigenvalue weighted by atomic mass is 35.5. The first-order valence-electron chi connectivity index (χ1n) is 10.8. The molecule has 190 valence electrons. The van der Waals surface area contributed by atoms with E-state index in [1.165, 1.54) is 39.5 Å². The Hall–Kier alpha value is -4.21. The summed E-state index contributed by atoms with van der Waals surface area (Å²) in [4.78, 5) is 39.9. The van der Waals surface area contributed by atoms with Crippen molar-refractivity contribution in [1.82, 2.24) is 0 Å². The van der Waals surface area contributed by atoms with E-state index < -0.39 is 17.7 Å². The summed E-state index contributed by atoms with van der Waals surface area (Å²) in [6.07, 6.45) is 0. The number of ether oxygens (including phenoxy) is 3. The SMILES string of the molecule is COc1ccc(OC)c(NC(=O)c2cccc(NC3=C(Cl)C(=O)N(c4cc(Cl)ccc4OC)C3=O)c2)c1. The lowest BCUT2D eigenvalue weighted by molar-refractivity contribution is -0.120. The zero-order valence-corrected chi connectivity index (χ0v) is 21.4. The van der Waals surface area contributed by atoms with Gasteiger partial charge < -0.3 is 24.8 Å². The van der Waals surface area contributed by atoms with Crippen LogP contribution >= 0.6 is 23.2 Å². The molecule has 0 saturated heterocycles. The van der Waals surface area contributed by atoms with Gasteiger partial charge in [-0.15, -0.1) is 0 Å². The molecule has 1 heterocycles. The van der Waals surface area contributed by atoms with Crippen LogP contribution in [0.1, 0.15) is 10.4 Å². The number of carbonyl (C=O) groups is 3. The van der Waals surface area contributed by atoms with Gasteiger partial charge in [0, 0.05) is 22.3 Å². The Bertz CT molecular complexity index is 1440. The normalized spacial score (nSPS) is 13.1. The third-order valence-corrected chi connectivity index (χ3v) is 6.04. The largest absolute Gasteiger partial charge is 0.497 e. The molecular weight excluding hydrogens is 521 g/mol. The van der Waals surface area contributed by atoms with Crippen LogP contribution in [0.25, 0.3) is 0 Å². The van der Waals surface area contributed by atoms with Crippen LogP contribution in [0.5, 0.6) is 17.2 Å². The number of hydrogen-bond donors (Lipinski definition) is 2. The van der Waals surface area contributed by atoms with Crippen LogP contribution in [0, 0.1) is 0 Å². The number of benzene rings is 3. The van der Waals surface area contributed by atoms with Crippen molar-refractivity contribution >= 4 is 58.0 Å². The van der Waals surface area contributed by atoms with E-state index in [0.717, 1.165) is 4.90 Å². The van der Waals surface area contributed by atoms with Gasteiger partial charge in [-0.25, -0.2) is 4.90 Å². The Morgan fingerprint density at radius 3 is 2.27 bits per heavy atom. The van der Waals surface area contributed by atoms with E-state index in [-0.39, 0.29) is 27.7 Å². The molecule has 0 spiro atoms. The average molecular weight is 542 g/mol. The van der Waals surface area contributed by atoms with Crippen molar-refractivity contribution in [1.29, 1.82) is 0 Å². The van der Waals surface area contributed by atoms with Crippen LogP contribution in [0.2, 0.25) is 5.02 Å². The Labute approximate surface area is 222 Å². The van der Waals surface area contributed by atoms with Crippen molar-refractivity contribution in [2.45, 2.75) is 0 Å². The third-order valence-electron chi connectivity index (χ3n) is 5.46. The zero-order valence-electron chi connectivity index (χ0n) is 19.9. The first-order chi connectivity index (χ1) is 17.8. The number of methoxy groups -OCH3 is 3. The minimum absolute atomic E-state index is 0.152. The number of anilines is 3. The van der Waals surface area contributed by atoms with Gasteiger partial charge in [0.2, 0.25) is 0 Å². The molecule has 0 aromatic heterocycles. The second-order valence-corrected chi connectivity index (χ2v) is 8.49. The molecule has 1 aliphatic rings. The van der Waals surface area contributed by atoms with Crippen molar-refractivity contribution in [2.24, 2.45) is 0 Å². The first-order valence-corrected chi connectivity index (χ1v) is 11.6. The lowest BCUT2D eigenvalue weighted by Crippen LogP contribution is -2.32. The van der Waals surface area contributed by atoms with E-state index in [1.54, 1.807) is 42.5 Å². The Morgan fingerprint density at radius 2 is 1.57 bits per heavy atom. The predicted molar refractivity (Wildman–Crippen MR) is 141 cm³/mol. The van der Waals surface area contributed by atoms with Gasteiger partial charge in [-0.2, -0.15) is 0 Å². The first kappa shape index (κ1) is 25.9.